The van der Waals surface area contributed by atoms with Crippen molar-refractivity contribution in [3.63, 3.8) is 0 Å². The van der Waals surface area contributed by atoms with Crippen molar-refractivity contribution in [1.29, 1.82) is 0 Å². The van der Waals surface area contributed by atoms with Gasteiger partial charge in [0.15, 0.2) is 5.58 Å². The smallest absolute Gasteiger partial charge is 0.255 e. The highest BCUT2D eigenvalue weighted by Gasteiger charge is 2.11. The number of fused-ring (bicyclic) bond motifs is 1. The summed E-state index contributed by atoms with van der Waals surface area (Å²) in [5.74, 6) is 0.348. The van der Waals surface area contributed by atoms with E-state index in [1.54, 1.807) is 49.6 Å². The van der Waals surface area contributed by atoms with E-state index in [9.17, 15) is 9.18 Å². The summed E-state index contributed by atoms with van der Waals surface area (Å²) in [5.41, 5.74) is 2.98. The van der Waals surface area contributed by atoms with Crippen molar-refractivity contribution in [2.75, 3.05) is 12.4 Å². The fraction of sp³-hybridized carbons (Fsp3) is 0.0476. The van der Waals surface area contributed by atoms with Gasteiger partial charge in [-0.25, -0.2) is 9.37 Å². The first kappa shape index (κ1) is 16.8. The van der Waals surface area contributed by atoms with E-state index in [-0.39, 0.29) is 11.5 Å². The molecule has 4 aromatic rings. The number of benzene rings is 3. The molecule has 4 rings (SSSR count). The molecule has 0 atom stereocenters. The Bertz CT molecular complexity index is 1120. The van der Waals surface area contributed by atoms with Gasteiger partial charge in [0.25, 0.3) is 5.91 Å². The summed E-state index contributed by atoms with van der Waals surface area (Å²) in [7, 11) is 1.60. The molecule has 0 radical (unpaired) electrons. The molecule has 0 aliphatic rings. The average molecular weight is 362 g/mol. The van der Waals surface area contributed by atoms with E-state index < -0.39 is 5.82 Å². The predicted octanol–water partition coefficient (Wildman–Crippen LogP) is 4.89. The van der Waals surface area contributed by atoms with Crippen LogP contribution in [0.3, 0.4) is 0 Å². The van der Waals surface area contributed by atoms with Gasteiger partial charge in [-0.1, -0.05) is 6.07 Å². The van der Waals surface area contributed by atoms with E-state index in [2.05, 4.69) is 10.3 Å². The van der Waals surface area contributed by atoms with Gasteiger partial charge in [-0.15, -0.1) is 0 Å². The second-order valence-electron chi connectivity index (χ2n) is 5.89. The minimum Gasteiger partial charge on any atom is -0.497 e. The fourth-order valence-electron chi connectivity index (χ4n) is 2.69. The van der Waals surface area contributed by atoms with Crippen LogP contribution in [0.4, 0.5) is 10.1 Å². The molecule has 0 spiro atoms. The van der Waals surface area contributed by atoms with Crippen LogP contribution in [0, 0.1) is 5.82 Å². The molecule has 3 aromatic carbocycles. The Balaban J connectivity index is 1.54. The van der Waals surface area contributed by atoms with Gasteiger partial charge in [0, 0.05) is 22.9 Å². The molecule has 1 heterocycles. The number of aromatic nitrogens is 1. The number of hydrogen-bond donors (Lipinski definition) is 1. The summed E-state index contributed by atoms with van der Waals surface area (Å²) in [5, 5.41) is 2.73. The molecular weight excluding hydrogens is 347 g/mol. The Labute approximate surface area is 154 Å². The van der Waals surface area contributed by atoms with Crippen molar-refractivity contribution >= 4 is 22.7 Å². The van der Waals surface area contributed by atoms with Crippen molar-refractivity contribution in [1.82, 2.24) is 4.98 Å². The molecule has 5 nitrogen and oxygen atoms in total. The first-order valence-corrected chi connectivity index (χ1v) is 8.24. The van der Waals surface area contributed by atoms with Gasteiger partial charge in [-0.3, -0.25) is 4.79 Å². The van der Waals surface area contributed by atoms with Crippen molar-refractivity contribution < 1.29 is 18.3 Å². The Morgan fingerprint density at radius 2 is 1.89 bits per heavy atom. The maximum absolute atomic E-state index is 13.2. The van der Waals surface area contributed by atoms with Crippen LogP contribution in [-0.2, 0) is 0 Å². The van der Waals surface area contributed by atoms with E-state index in [4.69, 9.17) is 9.15 Å². The maximum Gasteiger partial charge on any atom is 0.255 e. The first-order valence-electron chi connectivity index (χ1n) is 8.24. The van der Waals surface area contributed by atoms with Crippen LogP contribution in [0.1, 0.15) is 10.4 Å². The van der Waals surface area contributed by atoms with Crippen LogP contribution in [-0.4, -0.2) is 18.0 Å². The lowest BCUT2D eigenvalue weighted by molar-refractivity contribution is 0.102. The molecule has 0 bridgehead atoms. The molecule has 0 saturated carbocycles. The molecule has 0 unspecified atom stereocenters. The van der Waals surface area contributed by atoms with E-state index in [0.29, 0.717) is 28.4 Å². The second-order valence-corrected chi connectivity index (χ2v) is 5.89. The summed E-state index contributed by atoms with van der Waals surface area (Å²) in [6.07, 6.45) is 0. The lowest BCUT2D eigenvalue weighted by Gasteiger charge is -2.06. The Hall–Kier alpha value is -3.67. The van der Waals surface area contributed by atoms with Gasteiger partial charge in [0.2, 0.25) is 5.89 Å². The molecule has 27 heavy (non-hydrogen) atoms. The number of carbonyl (C=O) groups is 1. The predicted molar refractivity (Wildman–Crippen MR) is 100 cm³/mol. The van der Waals surface area contributed by atoms with Gasteiger partial charge < -0.3 is 14.5 Å². The monoisotopic (exact) mass is 362 g/mol. The number of anilines is 1. The number of carbonyl (C=O) groups excluding carboxylic acids is 1. The molecule has 1 aromatic heterocycles. The highest BCUT2D eigenvalue weighted by Crippen LogP contribution is 2.27. The third-order valence-electron chi connectivity index (χ3n) is 4.07. The molecule has 0 aliphatic heterocycles. The number of nitrogens with one attached hydrogen (secondary N) is 1. The Morgan fingerprint density at radius 3 is 2.63 bits per heavy atom. The largest absolute Gasteiger partial charge is 0.497 e. The zero-order chi connectivity index (χ0) is 18.8. The highest BCUT2D eigenvalue weighted by atomic mass is 19.1. The molecule has 0 fully saturated rings. The quantitative estimate of drug-likeness (QED) is 0.561. The Kier molecular flexibility index (Phi) is 4.30. The van der Waals surface area contributed by atoms with Crippen LogP contribution in [0.2, 0.25) is 0 Å². The molecule has 0 aliphatic carbocycles. The van der Waals surface area contributed by atoms with Crippen molar-refractivity contribution in [2.45, 2.75) is 0 Å². The second kappa shape index (κ2) is 6.92. The van der Waals surface area contributed by atoms with E-state index in [1.165, 1.54) is 18.2 Å². The molecule has 6 heteroatoms. The third-order valence-corrected chi connectivity index (χ3v) is 4.07. The van der Waals surface area contributed by atoms with Gasteiger partial charge >= 0.3 is 0 Å². The lowest BCUT2D eigenvalue weighted by Crippen LogP contribution is -2.11. The van der Waals surface area contributed by atoms with Crippen LogP contribution in [0.5, 0.6) is 5.75 Å². The minimum absolute atomic E-state index is 0.256. The van der Waals surface area contributed by atoms with E-state index in [1.807, 2.05) is 6.07 Å². The normalized spacial score (nSPS) is 10.7. The van der Waals surface area contributed by atoms with Gasteiger partial charge in [-0.2, -0.15) is 0 Å². The number of methoxy groups -OCH3 is 1. The number of amides is 1. The van der Waals surface area contributed by atoms with Gasteiger partial charge in [0.05, 0.1) is 7.11 Å². The van der Waals surface area contributed by atoms with Crippen LogP contribution < -0.4 is 10.1 Å². The lowest BCUT2D eigenvalue weighted by atomic mass is 10.2. The van der Waals surface area contributed by atoms with Crippen molar-refractivity contribution in [3.8, 4) is 17.2 Å². The molecule has 0 saturated heterocycles. The summed E-state index contributed by atoms with van der Waals surface area (Å²) in [4.78, 5) is 16.6. The Morgan fingerprint density at radius 1 is 1.07 bits per heavy atom. The number of rotatable bonds is 4. The van der Waals surface area contributed by atoms with Crippen molar-refractivity contribution in [2.24, 2.45) is 0 Å². The molecule has 1 N–H and O–H groups in total. The average Bonchev–Trinajstić information content (AvgIpc) is 3.11. The zero-order valence-electron chi connectivity index (χ0n) is 14.4. The van der Waals surface area contributed by atoms with Crippen LogP contribution >= 0.6 is 0 Å². The number of nitrogens with zero attached hydrogens (tertiary/aromatic N) is 1. The molecular formula is C21H15FN2O3. The van der Waals surface area contributed by atoms with Crippen LogP contribution in [0.25, 0.3) is 22.6 Å². The van der Waals surface area contributed by atoms with E-state index in [0.717, 1.165) is 5.56 Å². The standard InChI is InChI=1S/C21H15FN2O3/c1-26-17-9-10-19-18(12-17)24-21(27-19)13-5-7-16(8-6-13)23-20(25)14-3-2-4-15(22)11-14/h2-12H,1H3,(H,23,25). The SMILES string of the molecule is COc1ccc2oc(-c3ccc(NC(=O)c4cccc(F)c4)cc3)nc2c1. The maximum atomic E-state index is 13.2. The highest BCUT2D eigenvalue weighted by molar-refractivity contribution is 6.04. The number of ether oxygens (including phenoxy) is 1. The van der Waals surface area contributed by atoms with Gasteiger partial charge in [0.1, 0.15) is 17.1 Å². The molecule has 1 amide bonds. The summed E-state index contributed by atoms with van der Waals surface area (Å²) in [6, 6.07) is 18.0. The first-order chi connectivity index (χ1) is 13.1. The molecule has 134 valence electrons. The summed E-state index contributed by atoms with van der Waals surface area (Å²) >= 11 is 0. The van der Waals surface area contributed by atoms with E-state index >= 15 is 0 Å². The van der Waals surface area contributed by atoms with Crippen LogP contribution in [0.15, 0.2) is 71.1 Å². The topological polar surface area (TPSA) is 64.4 Å². The van der Waals surface area contributed by atoms with Gasteiger partial charge in [-0.05, 0) is 54.6 Å². The number of halogens is 1. The number of hydrogen-bond acceptors (Lipinski definition) is 4. The zero-order valence-corrected chi connectivity index (χ0v) is 14.4. The third kappa shape index (κ3) is 3.50. The minimum atomic E-state index is -0.453. The van der Waals surface area contributed by atoms with Crippen molar-refractivity contribution in [3.05, 3.63) is 78.1 Å². The number of oxazole rings is 1. The fourth-order valence-corrected chi connectivity index (χ4v) is 2.69. The summed E-state index contributed by atoms with van der Waals surface area (Å²) < 4.78 is 24.2. The summed E-state index contributed by atoms with van der Waals surface area (Å²) in [6.45, 7) is 0.